The van der Waals surface area contributed by atoms with Crippen LogP contribution in [-0.2, 0) is 35.6 Å². The molecule has 194 valence electrons. The van der Waals surface area contributed by atoms with Crippen LogP contribution in [0, 0.1) is 15.9 Å². The molecule has 35 heavy (non-hydrogen) atoms. The maximum atomic E-state index is 14.6. The van der Waals surface area contributed by atoms with Gasteiger partial charge in [0.15, 0.2) is 11.6 Å². The maximum Gasteiger partial charge on any atom is 0.305 e. The number of aromatic nitrogens is 1. The fraction of sp³-hybridized carbons (Fsp3) is 0.680. The van der Waals surface area contributed by atoms with Crippen molar-refractivity contribution in [2.45, 2.75) is 83.7 Å². The summed E-state index contributed by atoms with van der Waals surface area (Å²) >= 11 is 0. The third kappa shape index (κ3) is 5.83. The van der Waals surface area contributed by atoms with Gasteiger partial charge in [-0.15, -0.1) is 0 Å². The zero-order chi connectivity index (χ0) is 25.6. The standard InChI is InChI=1S/C25H35FN2O7/c1-23(2,7-8-31-13-18-15-33-25(5,6)35-18)22-10-16-9-21(28(29)30)19(26)11-20(16)27(22)12-17-14-32-24(3,4)34-17/h9-11,17-18H,7-8,12-15H2,1-6H3. The Bertz CT molecular complexity index is 1100. The molecule has 0 amide bonds. The summed E-state index contributed by atoms with van der Waals surface area (Å²) < 4.78 is 45.6. The third-order valence-corrected chi connectivity index (χ3v) is 6.56. The first kappa shape index (κ1) is 26.0. The van der Waals surface area contributed by atoms with Gasteiger partial charge >= 0.3 is 5.69 Å². The molecule has 4 rings (SSSR count). The first-order valence-electron chi connectivity index (χ1n) is 12.0. The van der Waals surface area contributed by atoms with Crippen molar-refractivity contribution < 1.29 is 33.0 Å². The van der Waals surface area contributed by atoms with Gasteiger partial charge in [-0.3, -0.25) is 10.1 Å². The van der Waals surface area contributed by atoms with E-state index in [1.165, 1.54) is 12.1 Å². The monoisotopic (exact) mass is 494 g/mol. The van der Waals surface area contributed by atoms with Crippen LogP contribution in [0.5, 0.6) is 0 Å². The molecule has 9 nitrogen and oxygen atoms in total. The minimum atomic E-state index is -0.861. The molecule has 2 unspecified atom stereocenters. The summed E-state index contributed by atoms with van der Waals surface area (Å²) in [4.78, 5) is 10.6. The molecule has 0 aliphatic carbocycles. The summed E-state index contributed by atoms with van der Waals surface area (Å²) in [5.41, 5.74) is 0.603. The molecule has 2 aliphatic heterocycles. The van der Waals surface area contributed by atoms with Crippen LogP contribution in [0.25, 0.3) is 10.9 Å². The second-order valence-corrected chi connectivity index (χ2v) is 10.9. The molecule has 2 saturated heterocycles. The molecule has 0 spiro atoms. The first-order chi connectivity index (χ1) is 16.3. The van der Waals surface area contributed by atoms with Crippen LogP contribution in [0.1, 0.15) is 53.7 Å². The van der Waals surface area contributed by atoms with Crippen LogP contribution in [0.2, 0.25) is 0 Å². The van der Waals surface area contributed by atoms with Gasteiger partial charge in [0.2, 0.25) is 5.82 Å². The average molecular weight is 495 g/mol. The molecule has 1 aromatic heterocycles. The van der Waals surface area contributed by atoms with E-state index in [0.29, 0.717) is 50.3 Å². The van der Waals surface area contributed by atoms with Crippen molar-refractivity contribution in [2.75, 3.05) is 26.4 Å². The van der Waals surface area contributed by atoms with E-state index in [9.17, 15) is 14.5 Å². The number of halogens is 1. The normalized spacial score (nSPS) is 23.9. The van der Waals surface area contributed by atoms with Gasteiger partial charge in [-0.1, -0.05) is 13.8 Å². The lowest BCUT2D eigenvalue weighted by atomic mass is 9.85. The molecule has 2 fully saturated rings. The Hall–Kier alpha value is -2.11. The van der Waals surface area contributed by atoms with Crippen molar-refractivity contribution in [1.82, 2.24) is 4.57 Å². The van der Waals surface area contributed by atoms with Crippen LogP contribution in [0.3, 0.4) is 0 Å². The quantitative estimate of drug-likeness (QED) is 0.284. The summed E-state index contributed by atoms with van der Waals surface area (Å²) in [5, 5.41) is 11.9. The molecule has 2 aliphatic rings. The number of nitro groups is 1. The summed E-state index contributed by atoms with van der Waals surface area (Å²) in [6.07, 6.45) is 0.344. The van der Waals surface area contributed by atoms with E-state index < -0.39 is 28.0 Å². The number of nitrogens with zero attached hydrogens (tertiary/aromatic N) is 2. The van der Waals surface area contributed by atoms with E-state index in [2.05, 4.69) is 13.8 Å². The van der Waals surface area contributed by atoms with Crippen molar-refractivity contribution in [1.29, 1.82) is 0 Å². The van der Waals surface area contributed by atoms with Gasteiger partial charge in [-0.05, 0) is 40.2 Å². The molecule has 2 aromatic rings. The molecule has 2 atom stereocenters. The van der Waals surface area contributed by atoms with Crippen molar-refractivity contribution >= 4 is 16.6 Å². The smallest absolute Gasteiger partial charge is 0.305 e. The van der Waals surface area contributed by atoms with Gasteiger partial charge in [0.1, 0.15) is 12.2 Å². The van der Waals surface area contributed by atoms with Gasteiger partial charge < -0.3 is 28.3 Å². The Morgan fingerprint density at radius 3 is 2.31 bits per heavy atom. The summed E-state index contributed by atoms with van der Waals surface area (Å²) in [6.45, 7) is 13.9. The highest BCUT2D eigenvalue weighted by molar-refractivity contribution is 5.84. The Balaban J connectivity index is 1.56. The summed E-state index contributed by atoms with van der Waals surface area (Å²) in [6, 6.07) is 4.44. The molecule has 0 bridgehead atoms. The lowest BCUT2D eigenvalue weighted by Gasteiger charge is -2.28. The minimum Gasteiger partial charge on any atom is -0.379 e. The SMILES string of the molecule is CC1(C)OCC(COCCC(C)(C)c2cc3cc([N+](=O)[O-])c(F)cc3n2CC2COC(C)(C)O2)O1. The number of fused-ring (bicyclic) bond motifs is 1. The van der Waals surface area contributed by atoms with E-state index in [-0.39, 0.29) is 17.6 Å². The van der Waals surface area contributed by atoms with E-state index in [1.807, 2.05) is 38.3 Å². The Kier molecular flexibility index (Phi) is 6.98. The topological polar surface area (TPSA) is 94.2 Å². The molecule has 1 aromatic carbocycles. The van der Waals surface area contributed by atoms with Crippen LogP contribution >= 0.6 is 0 Å². The van der Waals surface area contributed by atoms with E-state index in [4.69, 9.17) is 23.7 Å². The molecule has 0 saturated carbocycles. The predicted molar refractivity (Wildman–Crippen MR) is 127 cm³/mol. The predicted octanol–water partition coefficient (Wildman–Crippen LogP) is 4.68. The lowest BCUT2D eigenvalue weighted by molar-refractivity contribution is -0.387. The maximum absolute atomic E-state index is 14.6. The molecule has 3 heterocycles. The number of ether oxygens (including phenoxy) is 5. The van der Waals surface area contributed by atoms with E-state index >= 15 is 0 Å². The Labute approximate surface area is 204 Å². The lowest BCUT2D eigenvalue weighted by Crippen LogP contribution is -2.29. The van der Waals surface area contributed by atoms with Crippen molar-refractivity contribution in [3.05, 3.63) is 39.8 Å². The van der Waals surface area contributed by atoms with Crippen LogP contribution in [0.4, 0.5) is 10.1 Å². The second kappa shape index (κ2) is 9.40. The molecule has 0 N–H and O–H groups in total. The number of hydrogen-bond donors (Lipinski definition) is 0. The number of hydrogen-bond acceptors (Lipinski definition) is 7. The van der Waals surface area contributed by atoms with Gasteiger partial charge in [0.25, 0.3) is 0 Å². The highest BCUT2D eigenvalue weighted by Crippen LogP contribution is 2.36. The Morgan fingerprint density at radius 1 is 1.11 bits per heavy atom. The Morgan fingerprint density at radius 2 is 1.74 bits per heavy atom. The zero-order valence-corrected chi connectivity index (χ0v) is 21.3. The fourth-order valence-electron chi connectivity index (χ4n) is 4.74. The minimum absolute atomic E-state index is 0.106. The summed E-state index contributed by atoms with van der Waals surface area (Å²) in [7, 11) is 0. The largest absolute Gasteiger partial charge is 0.379 e. The van der Waals surface area contributed by atoms with Crippen LogP contribution in [-0.4, -0.2) is 59.7 Å². The van der Waals surface area contributed by atoms with Crippen LogP contribution < -0.4 is 0 Å². The highest BCUT2D eigenvalue weighted by atomic mass is 19.1. The second-order valence-electron chi connectivity index (χ2n) is 10.9. The summed E-state index contributed by atoms with van der Waals surface area (Å²) in [5.74, 6) is -2.14. The van der Waals surface area contributed by atoms with Gasteiger partial charge in [0, 0.05) is 35.2 Å². The number of nitro benzene ring substituents is 1. The van der Waals surface area contributed by atoms with Gasteiger partial charge in [0.05, 0.1) is 36.8 Å². The van der Waals surface area contributed by atoms with Crippen molar-refractivity contribution in [3.63, 3.8) is 0 Å². The molecule has 10 heteroatoms. The molecule has 0 radical (unpaired) electrons. The molecular weight excluding hydrogens is 459 g/mol. The average Bonchev–Trinajstić information content (AvgIpc) is 3.39. The van der Waals surface area contributed by atoms with Crippen molar-refractivity contribution in [2.24, 2.45) is 0 Å². The zero-order valence-electron chi connectivity index (χ0n) is 21.3. The number of benzene rings is 1. The fourth-order valence-corrected chi connectivity index (χ4v) is 4.74. The van der Waals surface area contributed by atoms with Crippen LogP contribution in [0.15, 0.2) is 18.2 Å². The van der Waals surface area contributed by atoms with E-state index in [1.54, 1.807) is 0 Å². The van der Waals surface area contributed by atoms with E-state index in [0.717, 1.165) is 5.69 Å². The third-order valence-electron chi connectivity index (χ3n) is 6.56. The number of rotatable bonds is 9. The van der Waals surface area contributed by atoms with Gasteiger partial charge in [-0.25, -0.2) is 0 Å². The van der Waals surface area contributed by atoms with Crippen molar-refractivity contribution in [3.8, 4) is 0 Å². The highest BCUT2D eigenvalue weighted by Gasteiger charge is 2.36. The molecular formula is C25H35FN2O7. The van der Waals surface area contributed by atoms with Gasteiger partial charge in [-0.2, -0.15) is 4.39 Å². The first-order valence-corrected chi connectivity index (χ1v) is 12.0.